The molecule has 0 aliphatic rings. The molecule has 25 heavy (non-hydrogen) atoms. The van der Waals surface area contributed by atoms with Crippen molar-refractivity contribution in [1.29, 1.82) is 0 Å². The first-order valence-corrected chi connectivity index (χ1v) is 8.71. The summed E-state index contributed by atoms with van der Waals surface area (Å²) in [5.74, 6) is 2.61. The second-order valence-corrected chi connectivity index (χ2v) is 6.19. The predicted molar refractivity (Wildman–Crippen MR) is 90.2 cm³/mol. The molecule has 0 aliphatic heterocycles. The van der Waals surface area contributed by atoms with Gasteiger partial charge in [0.25, 0.3) is 11.1 Å². The van der Waals surface area contributed by atoms with Crippen LogP contribution in [0.3, 0.4) is 0 Å². The van der Waals surface area contributed by atoms with E-state index in [0.29, 0.717) is 16.9 Å². The van der Waals surface area contributed by atoms with Crippen LogP contribution in [-0.2, 0) is 6.42 Å². The van der Waals surface area contributed by atoms with Crippen molar-refractivity contribution in [2.45, 2.75) is 18.1 Å². The number of benzene rings is 1. The molecule has 4 aromatic rings. The first-order valence-electron chi connectivity index (χ1n) is 7.73. The summed E-state index contributed by atoms with van der Waals surface area (Å²) in [4.78, 5) is 0. The van der Waals surface area contributed by atoms with Gasteiger partial charge in [-0.3, -0.25) is 0 Å². The summed E-state index contributed by atoms with van der Waals surface area (Å²) in [6, 6.07) is 13.4. The Kier molecular flexibility index (Phi) is 4.55. The molecule has 3 aromatic heterocycles. The number of aromatic nitrogens is 6. The van der Waals surface area contributed by atoms with Crippen molar-refractivity contribution in [3.63, 3.8) is 0 Å². The first-order chi connectivity index (χ1) is 12.4. The van der Waals surface area contributed by atoms with Gasteiger partial charge in [-0.05, 0) is 41.1 Å². The highest BCUT2D eigenvalue weighted by Gasteiger charge is 2.12. The average molecular weight is 354 g/mol. The lowest BCUT2D eigenvalue weighted by molar-refractivity contribution is 0.447. The molecule has 0 fully saturated rings. The molecule has 0 bridgehead atoms. The first kappa shape index (κ1) is 15.6. The summed E-state index contributed by atoms with van der Waals surface area (Å²) in [5.41, 5.74) is 0.954. The molecular weight excluding hydrogens is 340 g/mol. The number of para-hydroxylation sites is 1. The highest BCUT2D eigenvalue weighted by molar-refractivity contribution is 7.99. The maximum Gasteiger partial charge on any atom is 0.284 e. The minimum atomic E-state index is 0.389. The van der Waals surface area contributed by atoms with Crippen LogP contribution in [-0.4, -0.2) is 36.2 Å². The molecular formula is C16H14N6O2S. The van der Waals surface area contributed by atoms with Crippen molar-refractivity contribution < 1.29 is 8.83 Å². The number of thioether (sulfide) groups is 1. The van der Waals surface area contributed by atoms with Crippen molar-refractivity contribution in [3.8, 4) is 17.3 Å². The Morgan fingerprint density at radius 3 is 2.76 bits per heavy atom. The highest BCUT2D eigenvalue weighted by atomic mass is 32.2. The van der Waals surface area contributed by atoms with Crippen molar-refractivity contribution in [3.05, 3.63) is 54.6 Å². The maximum atomic E-state index is 5.56. The molecule has 4 rings (SSSR count). The molecule has 0 spiro atoms. The SMILES string of the molecule is c1ccc(-n2nnnc2CCCSc2nnc(-c3ccco3)o2)cc1. The molecule has 0 atom stereocenters. The van der Waals surface area contributed by atoms with E-state index < -0.39 is 0 Å². The fourth-order valence-corrected chi connectivity index (χ4v) is 2.99. The fourth-order valence-electron chi connectivity index (χ4n) is 2.29. The Morgan fingerprint density at radius 2 is 1.92 bits per heavy atom. The standard InChI is InChI=1S/C16H14N6O2S/c1-2-6-12(7-3-1)22-14(17-20-21-22)9-5-11-25-16-19-18-15(24-16)13-8-4-10-23-13/h1-4,6-8,10H,5,9,11H2. The number of tetrazole rings is 1. The Labute approximate surface area is 147 Å². The van der Waals surface area contributed by atoms with Gasteiger partial charge < -0.3 is 8.83 Å². The van der Waals surface area contributed by atoms with Gasteiger partial charge >= 0.3 is 0 Å². The Bertz CT molecular complexity index is 919. The van der Waals surface area contributed by atoms with E-state index >= 15 is 0 Å². The van der Waals surface area contributed by atoms with E-state index in [4.69, 9.17) is 8.83 Å². The molecule has 0 unspecified atom stereocenters. The monoisotopic (exact) mass is 354 g/mol. The molecule has 1 aromatic carbocycles. The molecule has 0 N–H and O–H groups in total. The Balaban J connectivity index is 1.31. The molecule has 8 nitrogen and oxygen atoms in total. The van der Waals surface area contributed by atoms with E-state index in [-0.39, 0.29) is 0 Å². The summed E-state index contributed by atoms with van der Waals surface area (Å²) in [5, 5.41) is 20.4. The zero-order valence-electron chi connectivity index (χ0n) is 13.1. The van der Waals surface area contributed by atoms with Crippen LogP contribution in [0.2, 0.25) is 0 Å². The minimum Gasteiger partial charge on any atom is -0.459 e. The van der Waals surface area contributed by atoms with Crippen molar-refractivity contribution in [2.24, 2.45) is 0 Å². The lowest BCUT2D eigenvalue weighted by Gasteiger charge is -2.03. The second kappa shape index (κ2) is 7.31. The van der Waals surface area contributed by atoms with Gasteiger partial charge in [0.2, 0.25) is 0 Å². The summed E-state index contributed by atoms with van der Waals surface area (Å²) >= 11 is 1.50. The summed E-state index contributed by atoms with van der Waals surface area (Å²) in [7, 11) is 0. The van der Waals surface area contributed by atoms with E-state index in [2.05, 4.69) is 25.7 Å². The topological polar surface area (TPSA) is 95.7 Å². The van der Waals surface area contributed by atoms with Gasteiger partial charge in [0.1, 0.15) is 0 Å². The molecule has 9 heteroatoms. The number of nitrogens with zero attached hydrogens (tertiary/aromatic N) is 6. The lowest BCUT2D eigenvalue weighted by Crippen LogP contribution is -2.03. The number of hydrogen-bond acceptors (Lipinski definition) is 8. The van der Waals surface area contributed by atoms with Gasteiger partial charge in [0.05, 0.1) is 12.0 Å². The summed E-state index contributed by atoms with van der Waals surface area (Å²) in [6.45, 7) is 0. The van der Waals surface area contributed by atoms with Crippen LogP contribution in [0.15, 0.2) is 62.8 Å². The van der Waals surface area contributed by atoms with E-state index in [1.54, 1.807) is 23.1 Å². The van der Waals surface area contributed by atoms with E-state index in [9.17, 15) is 0 Å². The molecule has 0 radical (unpaired) electrons. The Hall–Kier alpha value is -2.94. The fraction of sp³-hybridized carbons (Fsp3) is 0.188. The smallest absolute Gasteiger partial charge is 0.284 e. The lowest BCUT2D eigenvalue weighted by atomic mass is 10.3. The molecule has 0 saturated carbocycles. The van der Waals surface area contributed by atoms with Gasteiger partial charge in [-0.15, -0.1) is 15.3 Å². The minimum absolute atomic E-state index is 0.389. The largest absolute Gasteiger partial charge is 0.459 e. The van der Waals surface area contributed by atoms with E-state index in [1.807, 2.05) is 30.3 Å². The molecule has 0 aliphatic carbocycles. The van der Waals surface area contributed by atoms with E-state index in [0.717, 1.165) is 30.1 Å². The maximum absolute atomic E-state index is 5.56. The van der Waals surface area contributed by atoms with Gasteiger partial charge in [0.15, 0.2) is 11.6 Å². The average Bonchev–Trinajstić information content (AvgIpc) is 3.40. The van der Waals surface area contributed by atoms with Crippen molar-refractivity contribution >= 4 is 11.8 Å². The molecule has 0 amide bonds. The third-order valence-corrected chi connectivity index (χ3v) is 4.35. The molecule has 126 valence electrons. The van der Waals surface area contributed by atoms with E-state index in [1.165, 1.54) is 11.8 Å². The van der Waals surface area contributed by atoms with Gasteiger partial charge in [-0.2, -0.15) is 4.68 Å². The number of rotatable bonds is 7. The number of furan rings is 1. The van der Waals surface area contributed by atoms with Gasteiger partial charge in [0, 0.05) is 12.2 Å². The van der Waals surface area contributed by atoms with Crippen LogP contribution in [0, 0.1) is 0 Å². The van der Waals surface area contributed by atoms with Crippen LogP contribution < -0.4 is 0 Å². The van der Waals surface area contributed by atoms with Crippen LogP contribution in [0.4, 0.5) is 0 Å². The number of aryl methyl sites for hydroxylation is 1. The predicted octanol–water partition coefficient (Wildman–Crippen LogP) is 3.03. The number of hydrogen-bond donors (Lipinski definition) is 0. The third kappa shape index (κ3) is 3.61. The summed E-state index contributed by atoms with van der Waals surface area (Å²) in [6.07, 6.45) is 3.22. The van der Waals surface area contributed by atoms with Gasteiger partial charge in [-0.1, -0.05) is 30.0 Å². The van der Waals surface area contributed by atoms with Crippen molar-refractivity contribution in [2.75, 3.05) is 5.75 Å². The quantitative estimate of drug-likeness (QED) is 0.369. The third-order valence-electron chi connectivity index (χ3n) is 3.44. The van der Waals surface area contributed by atoms with Crippen LogP contribution in [0.25, 0.3) is 17.3 Å². The molecule has 3 heterocycles. The highest BCUT2D eigenvalue weighted by Crippen LogP contribution is 2.24. The summed E-state index contributed by atoms with van der Waals surface area (Å²) < 4.78 is 12.5. The van der Waals surface area contributed by atoms with Crippen molar-refractivity contribution in [1.82, 2.24) is 30.4 Å². The zero-order chi connectivity index (χ0) is 16.9. The van der Waals surface area contributed by atoms with Gasteiger partial charge in [-0.25, -0.2) is 0 Å². The van der Waals surface area contributed by atoms with Crippen LogP contribution in [0.1, 0.15) is 12.2 Å². The Morgan fingerprint density at radius 1 is 1.00 bits per heavy atom. The van der Waals surface area contributed by atoms with Crippen LogP contribution >= 0.6 is 11.8 Å². The second-order valence-electron chi connectivity index (χ2n) is 5.14. The normalized spacial score (nSPS) is 11.0. The van der Waals surface area contributed by atoms with Crippen LogP contribution in [0.5, 0.6) is 0 Å². The molecule has 0 saturated heterocycles. The zero-order valence-corrected chi connectivity index (χ0v) is 14.0.